The second-order valence-corrected chi connectivity index (χ2v) is 8.77. The number of piperidine rings is 1. The quantitative estimate of drug-likeness (QED) is 0.824. The molecule has 1 aromatic carbocycles. The minimum atomic E-state index is 0.0812. The van der Waals surface area contributed by atoms with Crippen LogP contribution in [0.5, 0.6) is 0 Å². The van der Waals surface area contributed by atoms with Crippen molar-refractivity contribution in [2.75, 3.05) is 19.6 Å². The fourth-order valence-electron chi connectivity index (χ4n) is 5.58. The zero-order chi connectivity index (χ0) is 18.1. The monoisotopic (exact) mass is 352 g/mol. The lowest BCUT2D eigenvalue weighted by atomic mass is 9.73. The summed E-state index contributed by atoms with van der Waals surface area (Å²) in [6.07, 6.45) is 10.9. The number of fused-ring (bicyclic) bond motifs is 2. The van der Waals surface area contributed by atoms with Crippen molar-refractivity contribution >= 4 is 5.91 Å². The van der Waals surface area contributed by atoms with E-state index in [1.165, 1.54) is 56.4 Å². The molecule has 2 aliphatic carbocycles. The number of benzene rings is 1. The minimum Gasteiger partial charge on any atom is -0.349 e. The molecule has 1 saturated heterocycles. The smallest absolute Gasteiger partial charge is 0.217 e. The molecule has 3 atom stereocenters. The van der Waals surface area contributed by atoms with E-state index >= 15 is 0 Å². The number of carbonyl (C=O) groups excluding carboxylic acids is 1. The highest BCUT2D eigenvalue weighted by atomic mass is 16.1. The van der Waals surface area contributed by atoms with Crippen LogP contribution in [-0.4, -0.2) is 30.4 Å². The van der Waals surface area contributed by atoms with Gasteiger partial charge in [0.2, 0.25) is 5.91 Å². The van der Waals surface area contributed by atoms with Crippen LogP contribution < -0.4 is 5.32 Å². The summed E-state index contributed by atoms with van der Waals surface area (Å²) in [5.74, 6) is 1.62. The number of amides is 1. The van der Waals surface area contributed by atoms with Crippen molar-refractivity contribution in [2.45, 2.75) is 57.4 Å². The van der Waals surface area contributed by atoms with Crippen LogP contribution in [-0.2, 0) is 10.2 Å². The molecular formula is C23H32N2O. The second kappa shape index (κ2) is 7.19. The summed E-state index contributed by atoms with van der Waals surface area (Å²) in [5, 5.41) is 3.19. The fourth-order valence-corrected chi connectivity index (χ4v) is 5.58. The van der Waals surface area contributed by atoms with E-state index in [9.17, 15) is 4.79 Å². The van der Waals surface area contributed by atoms with Crippen LogP contribution in [0, 0.1) is 11.8 Å². The molecule has 1 heterocycles. The highest BCUT2D eigenvalue weighted by molar-refractivity contribution is 5.73. The third-order valence-corrected chi connectivity index (χ3v) is 7.02. The number of rotatable bonds is 4. The molecule has 0 saturated carbocycles. The van der Waals surface area contributed by atoms with Gasteiger partial charge in [-0.25, -0.2) is 0 Å². The lowest BCUT2D eigenvalue weighted by Crippen LogP contribution is -2.44. The molecule has 3 unspecified atom stereocenters. The molecule has 1 amide bonds. The van der Waals surface area contributed by atoms with Gasteiger partial charge in [-0.05, 0) is 68.2 Å². The zero-order valence-corrected chi connectivity index (χ0v) is 16.2. The molecule has 1 aromatic rings. The van der Waals surface area contributed by atoms with Crippen molar-refractivity contribution in [3.8, 4) is 0 Å². The van der Waals surface area contributed by atoms with Crippen LogP contribution in [0.3, 0.4) is 0 Å². The molecule has 0 bridgehead atoms. The van der Waals surface area contributed by atoms with E-state index in [1.54, 1.807) is 6.92 Å². The first kappa shape index (κ1) is 17.8. The number of allylic oxidation sites excluding steroid dienone is 2. The first-order valence-electron chi connectivity index (χ1n) is 10.3. The van der Waals surface area contributed by atoms with Gasteiger partial charge in [0.15, 0.2) is 0 Å². The first-order valence-corrected chi connectivity index (χ1v) is 10.3. The third-order valence-electron chi connectivity index (χ3n) is 7.02. The average Bonchev–Trinajstić information content (AvgIpc) is 3.25. The van der Waals surface area contributed by atoms with E-state index in [-0.39, 0.29) is 17.4 Å². The van der Waals surface area contributed by atoms with Gasteiger partial charge < -0.3 is 10.2 Å². The van der Waals surface area contributed by atoms with Crippen molar-refractivity contribution < 1.29 is 4.79 Å². The van der Waals surface area contributed by atoms with Gasteiger partial charge in [0.05, 0.1) is 6.04 Å². The molecular weight excluding hydrogens is 320 g/mol. The number of carbonyl (C=O) groups is 1. The predicted molar refractivity (Wildman–Crippen MR) is 106 cm³/mol. The molecule has 0 aromatic heterocycles. The van der Waals surface area contributed by atoms with Crippen LogP contribution in [0.1, 0.15) is 63.1 Å². The van der Waals surface area contributed by atoms with Crippen molar-refractivity contribution in [1.82, 2.24) is 10.2 Å². The van der Waals surface area contributed by atoms with E-state index in [4.69, 9.17) is 0 Å². The Morgan fingerprint density at radius 3 is 2.77 bits per heavy atom. The largest absolute Gasteiger partial charge is 0.349 e. The van der Waals surface area contributed by atoms with Crippen LogP contribution in [0.4, 0.5) is 0 Å². The van der Waals surface area contributed by atoms with E-state index in [2.05, 4.69) is 53.6 Å². The molecule has 3 nitrogen and oxygen atoms in total. The molecule has 1 N–H and O–H groups in total. The molecule has 1 aliphatic heterocycles. The standard InChI is InChI=1S/C23H32N2O/c1-17(19-7-3-4-8-19)16-25-13-11-23(12-14-25)15-22(24-18(2)26)20-9-5-6-10-21(20)23/h3,5-7,9-10,17,19,22H,4,8,11-16H2,1-2H3,(H,24,26). The van der Waals surface area contributed by atoms with Crippen molar-refractivity contribution in [3.05, 3.63) is 47.5 Å². The second-order valence-electron chi connectivity index (χ2n) is 8.77. The van der Waals surface area contributed by atoms with Gasteiger partial charge in [-0.1, -0.05) is 43.3 Å². The average molecular weight is 353 g/mol. The van der Waals surface area contributed by atoms with Gasteiger partial charge in [0.1, 0.15) is 0 Å². The maximum Gasteiger partial charge on any atom is 0.217 e. The Labute approximate surface area is 157 Å². The Morgan fingerprint density at radius 1 is 1.31 bits per heavy atom. The molecule has 1 spiro atoms. The molecule has 0 radical (unpaired) electrons. The van der Waals surface area contributed by atoms with Crippen molar-refractivity contribution in [2.24, 2.45) is 11.8 Å². The number of likely N-dealkylation sites (tertiary alicyclic amines) is 1. The SMILES string of the molecule is CC(=O)NC1CC2(CCN(CC(C)C3C=CCC3)CC2)c2ccccc21. The molecule has 3 heteroatoms. The van der Waals surface area contributed by atoms with Crippen molar-refractivity contribution in [3.63, 3.8) is 0 Å². The van der Waals surface area contributed by atoms with Gasteiger partial charge in [0.25, 0.3) is 0 Å². The Kier molecular flexibility index (Phi) is 4.92. The maximum absolute atomic E-state index is 11.7. The Hall–Kier alpha value is -1.61. The lowest BCUT2D eigenvalue weighted by molar-refractivity contribution is -0.119. The summed E-state index contributed by atoms with van der Waals surface area (Å²) in [7, 11) is 0. The molecule has 4 rings (SSSR count). The fraction of sp³-hybridized carbons (Fsp3) is 0.609. The summed E-state index contributed by atoms with van der Waals surface area (Å²) < 4.78 is 0. The summed E-state index contributed by atoms with van der Waals surface area (Å²) >= 11 is 0. The highest BCUT2D eigenvalue weighted by Crippen LogP contribution is 2.50. The predicted octanol–water partition coefficient (Wildman–Crippen LogP) is 4.20. The molecule has 140 valence electrons. The number of nitrogens with zero attached hydrogens (tertiary/aromatic N) is 1. The first-order chi connectivity index (χ1) is 12.6. The van der Waals surface area contributed by atoms with Gasteiger partial charge in [-0.15, -0.1) is 0 Å². The maximum atomic E-state index is 11.7. The van der Waals surface area contributed by atoms with Crippen LogP contribution in [0.2, 0.25) is 0 Å². The topological polar surface area (TPSA) is 32.3 Å². The Balaban J connectivity index is 1.43. The Bertz CT molecular complexity index is 687. The minimum absolute atomic E-state index is 0.0812. The number of nitrogens with one attached hydrogen (secondary N) is 1. The molecule has 3 aliphatic rings. The van der Waals surface area contributed by atoms with Gasteiger partial charge in [0, 0.05) is 18.9 Å². The van der Waals surface area contributed by atoms with Crippen LogP contribution >= 0.6 is 0 Å². The highest BCUT2D eigenvalue weighted by Gasteiger charge is 2.45. The third kappa shape index (κ3) is 3.34. The van der Waals surface area contributed by atoms with E-state index in [0.717, 1.165) is 18.3 Å². The van der Waals surface area contributed by atoms with Crippen LogP contribution in [0.25, 0.3) is 0 Å². The van der Waals surface area contributed by atoms with Crippen LogP contribution in [0.15, 0.2) is 36.4 Å². The lowest BCUT2D eigenvalue weighted by Gasteiger charge is -2.41. The van der Waals surface area contributed by atoms with E-state index in [1.807, 2.05) is 0 Å². The summed E-state index contributed by atoms with van der Waals surface area (Å²) in [6.45, 7) is 7.64. The summed E-state index contributed by atoms with van der Waals surface area (Å²) in [4.78, 5) is 14.3. The zero-order valence-electron chi connectivity index (χ0n) is 16.2. The normalized spacial score (nSPS) is 28.2. The van der Waals surface area contributed by atoms with E-state index < -0.39 is 0 Å². The Morgan fingerprint density at radius 2 is 2.08 bits per heavy atom. The summed E-state index contributed by atoms with van der Waals surface area (Å²) in [6, 6.07) is 8.98. The molecule has 1 fully saturated rings. The summed E-state index contributed by atoms with van der Waals surface area (Å²) in [5.41, 5.74) is 3.10. The number of hydrogen-bond donors (Lipinski definition) is 1. The van der Waals surface area contributed by atoms with Gasteiger partial charge in [-0.2, -0.15) is 0 Å². The van der Waals surface area contributed by atoms with E-state index in [0.29, 0.717) is 0 Å². The number of hydrogen-bond acceptors (Lipinski definition) is 2. The van der Waals surface area contributed by atoms with Gasteiger partial charge >= 0.3 is 0 Å². The van der Waals surface area contributed by atoms with Crippen molar-refractivity contribution in [1.29, 1.82) is 0 Å². The molecule has 26 heavy (non-hydrogen) atoms. The van der Waals surface area contributed by atoms with Gasteiger partial charge in [-0.3, -0.25) is 4.79 Å².